The first kappa shape index (κ1) is 12.5. The van der Waals surface area contributed by atoms with Crippen LogP contribution in [0.2, 0.25) is 0 Å². The van der Waals surface area contributed by atoms with E-state index in [9.17, 15) is 9.90 Å². The van der Waals surface area contributed by atoms with E-state index in [2.05, 4.69) is 0 Å². The highest BCUT2D eigenvalue weighted by Crippen LogP contribution is 2.15. The Kier molecular flexibility index (Phi) is 4.11. The number of ether oxygens (including phenoxy) is 1. The molecule has 1 rings (SSSR count). The average Bonchev–Trinajstić information content (AvgIpc) is 2.64. The molecule has 4 heteroatoms. The first-order chi connectivity index (χ1) is 6.95. The van der Waals surface area contributed by atoms with Crippen LogP contribution in [0.3, 0.4) is 0 Å². The lowest BCUT2D eigenvalue weighted by Gasteiger charge is -2.29. The predicted molar refractivity (Wildman–Crippen MR) is 57.5 cm³/mol. The second kappa shape index (κ2) is 4.94. The fourth-order valence-corrected chi connectivity index (χ4v) is 1.78. The molecule has 1 unspecified atom stereocenters. The minimum absolute atomic E-state index is 0.149. The summed E-state index contributed by atoms with van der Waals surface area (Å²) in [5.41, 5.74) is -1.28. The van der Waals surface area contributed by atoms with E-state index in [4.69, 9.17) is 4.74 Å². The van der Waals surface area contributed by atoms with Crippen LogP contribution < -0.4 is 0 Å². The van der Waals surface area contributed by atoms with Gasteiger partial charge in [0.25, 0.3) is 5.91 Å². The molecule has 0 spiro atoms. The summed E-state index contributed by atoms with van der Waals surface area (Å²) >= 11 is 0. The predicted octanol–water partition coefficient (Wildman–Crippen LogP) is 0.785. The van der Waals surface area contributed by atoms with Crippen molar-refractivity contribution in [3.63, 3.8) is 0 Å². The number of amides is 1. The van der Waals surface area contributed by atoms with Crippen LogP contribution in [0.4, 0.5) is 0 Å². The van der Waals surface area contributed by atoms with Gasteiger partial charge in [-0.1, -0.05) is 0 Å². The summed E-state index contributed by atoms with van der Waals surface area (Å²) in [4.78, 5) is 13.5. The molecule has 0 saturated carbocycles. The summed E-state index contributed by atoms with van der Waals surface area (Å²) in [6.45, 7) is 6.96. The molecule has 0 aromatic rings. The zero-order valence-electron chi connectivity index (χ0n) is 9.82. The van der Waals surface area contributed by atoms with Gasteiger partial charge in [-0.15, -0.1) is 0 Å². The molecular formula is C11H21NO3. The van der Waals surface area contributed by atoms with Gasteiger partial charge in [0.15, 0.2) is 0 Å². The smallest absolute Gasteiger partial charge is 0.254 e. The zero-order valence-corrected chi connectivity index (χ0v) is 9.82. The van der Waals surface area contributed by atoms with Gasteiger partial charge < -0.3 is 14.7 Å². The molecule has 0 aromatic heterocycles. The maximum atomic E-state index is 11.8. The highest BCUT2D eigenvalue weighted by molar-refractivity contribution is 5.84. The van der Waals surface area contributed by atoms with Crippen molar-refractivity contribution in [2.24, 2.45) is 0 Å². The Morgan fingerprint density at radius 3 is 2.67 bits per heavy atom. The maximum absolute atomic E-state index is 11.8. The topological polar surface area (TPSA) is 49.8 Å². The minimum Gasteiger partial charge on any atom is -0.381 e. The molecule has 4 nitrogen and oxygen atoms in total. The Labute approximate surface area is 91.2 Å². The molecule has 0 radical (unpaired) electrons. The molecule has 1 saturated heterocycles. The number of carbonyl (C=O) groups is 1. The Hall–Kier alpha value is -0.610. The van der Waals surface area contributed by atoms with Crippen LogP contribution in [-0.2, 0) is 9.53 Å². The third kappa shape index (κ3) is 3.47. The molecule has 1 N–H and O–H groups in total. The summed E-state index contributed by atoms with van der Waals surface area (Å²) in [7, 11) is 0. The van der Waals surface area contributed by atoms with E-state index >= 15 is 0 Å². The Morgan fingerprint density at radius 2 is 2.27 bits per heavy atom. The lowest BCUT2D eigenvalue weighted by Crippen LogP contribution is -2.47. The van der Waals surface area contributed by atoms with Gasteiger partial charge in [-0.25, -0.2) is 0 Å². The highest BCUT2D eigenvalue weighted by atomic mass is 16.5. The van der Waals surface area contributed by atoms with Gasteiger partial charge in [-0.05, 0) is 33.6 Å². The second-order valence-corrected chi connectivity index (χ2v) is 4.54. The fourth-order valence-electron chi connectivity index (χ4n) is 1.78. The summed E-state index contributed by atoms with van der Waals surface area (Å²) in [5, 5.41) is 9.63. The van der Waals surface area contributed by atoms with E-state index in [-0.39, 0.29) is 12.0 Å². The highest BCUT2D eigenvalue weighted by Gasteiger charge is 2.30. The van der Waals surface area contributed by atoms with Gasteiger partial charge in [-0.2, -0.15) is 0 Å². The summed E-state index contributed by atoms with van der Waals surface area (Å²) < 4.78 is 5.47. The van der Waals surface area contributed by atoms with Crippen molar-refractivity contribution in [1.82, 2.24) is 4.90 Å². The summed E-state index contributed by atoms with van der Waals surface area (Å²) in [6.07, 6.45) is 2.23. The molecule has 1 heterocycles. The summed E-state index contributed by atoms with van der Waals surface area (Å²) in [6, 6.07) is 0. The lowest BCUT2D eigenvalue weighted by molar-refractivity contribution is -0.149. The minimum atomic E-state index is -1.28. The van der Waals surface area contributed by atoms with E-state index in [1.54, 1.807) is 4.90 Å². The number of hydrogen-bond acceptors (Lipinski definition) is 3. The average molecular weight is 215 g/mol. The van der Waals surface area contributed by atoms with Crippen LogP contribution in [0.15, 0.2) is 0 Å². The van der Waals surface area contributed by atoms with Crippen molar-refractivity contribution in [2.75, 3.05) is 19.7 Å². The van der Waals surface area contributed by atoms with Gasteiger partial charge in [0.1, 0.15) is 5.60 Å². The van der Waals surface area contributed by atoms with Crippen LogP contribution in [0, 0.1) is 0 Å². The molecule has 0 aromatic carbocycles. The van der Waals surface area contributed by atoms with E-state index in [0.717, 1.165) is 19.4 Å². The number of hydrogen-bond donors (Lipinski definition) is 1. The van der Waals surface area contributed by atoms with Crippen molar-refractivity contribution in [2.45, 2.75) is 45.3 Å². The van der Waals surface area contributed by atoms with E-state index in [1.807, 2.05) is 6.92 Å². The van der Waals surface area contributed by atoms with Crippen molar-refractivity contribution < 1.29 is 14.6 Å². The van der Waals surface area contributed by atoms with Crippen LogP contribution in [0.25, 0.3) is 0 Å². The Balaban J connectivity index is 2.51. The van der Waals surface area contributed by atoms with Gasteiger partial charge >= 0.3 is 0 Å². The number of likely N-dealkylation sites (N-methyl/N-ethyl adjacent to an activating group) is 1. The van der Waals surface area contributed by atoms with Crippen LogP contribution in [0.5, 0.6) is 0 Å². The molecular weight excluding hydrogens is 194 g/mol. The van der Waals surface area contributed by atoms with Crippen molar-refractivity contribution >= 4 is 5.91 Å². The zero-order chi connectivity index (χ0) is 11.5. The number of aliphatic hydroxyl groups is 1. The first-order valence-electron chi connectivity index (χ1n) is 5.58. The molecule has 0 bridgehead atoms. The molecule has 1 aliphatic heterocycles. The number of nitrogens with zero attached hydrogens (tertiary/aromatic N) is 1. The monoisotopic (exact) mass is 215 g/mol. The molecule has 1 atom stereocenters. The normalized spacial score (nSPS) is 21.7. The lowest BCUT2D eigenvalue weighted by atomic mass is 10.1. The van der Waals surface area contributed by atoms with Gasteiger partial charge in [0.2, 0.25) is 0 Å². The van der Waals surface area contributed by atoms with Gasteiger partial charge in [0, 0.05) is 19.7 Å². The molecule has 88 valence electrons. The second-order valence-electron chi connectivity index (χ2n) is 4.54. The Bertz CT molecular complexity index is 216. The number of carbonyl (C=O) groups excluding carboxylic acids is 1. The maximum Gasteiger partial charge on any atom is 0.254 e. The van der Waals surface area contributed by atoms with Gasteiger partial charge in [-0.3, -0.25) is 4.79 Å². The number of rotatable bonds is 4. The fraction of sp³-hybridized carbons (Fsp3) is 0.909. The third-order valence-electron chi connectivity index (χ3n) is 2.64. The molecule has 15 heavy (non-hydrogen) atoms. The molecule has 1 aliphatic rings. The largest absolute Gasteiger partial charge is 0.381 e. The van der Waals surface area contributed by atoms with E-state index < -0.39 is 5.60 Å². The standard InChI is InChI=1S/C11H21NO3/c1-4-12(10(13)11(2,3)14)8-9-6-5-7-15-9/h9,14H,4-8H2,1-3H3. The van der Waals surface area contributed by atoms with Crippen LogP contribution >= 0.6 is 0 Å². The van der Waals surface area contributed by atoms with E-state index in [0.29, 0.717) is 13.1 Å². The van der Waals surface area contributed by atoms with Crippen LogP contribution in [-0.4, -0.2) is 47.3 Å². The van der Waals surface area contributed by atoms with Crippen molar-refractivity contribution in [3.8, 4) is 0 Å². The Morgan fingerprint density at radius 1 is 1.60 bits per heavy atom. The molecule has 1 fully saturated rings. The van der Waals surface area contributed by atoms with Crippen molar-refractivity contribution in [3.05, 3.63) is 0 Å². The molecule has 0 aliphatic carbocycles. The SMILES string of the molecule is CCN(CC1CCCO1)C(=O)C(C)(C)O. The quantitative estimate of drug-likeness (QED) is 0.754. The van der Waals surface area contributed by atoms with E-state index in [1.165, 1.54) is 13.8 Å². The van der Waals surface area contributed by atoms with Gasteiger partial charge in [0.05, 0.1) is 6.10 Å². The molecule has 1 amide bonds. The van der Waals surface area contributed by atoms with Crippen molar-refractivity contribution in [1.29, 1.82) is 0 Å². The summed E-state index contributed by atoms with van der Waals surface area (Å²) in [5.74, 6) is -0.222. The first-order valence-corrected chi connectivity index (χ1v) is 5.58. The third-order valence-corrected chi connectivity index (χ3v) is 2.64. The van der Waals surface area contributed by atoms with Crippen LogP contribution in [0.1, 0.15) is 33.6 Å².